The number of carbonyl (C=O) groups is 2. The Morgan fingerprint density at radius 3 is 2.34 bits per heavy atom. The fourth-order valence-electron chi connectivity index (χ4n) is 2.95. The van der Waals surface area contributed by atoms with Crippen LogP contribution in [0.25, 0.3) is 0 Å². The van der Waals surface area contributed by atoms with Crippen LogP contribution >= 0.6 is 0 Å². The number of rotatable bonds is 4. The zero-order valence-corrected chi connectivity index (χ0v) is 15.6. The van der Waals surface area contributed by atoms with Crippen molar-refractivity contribution in [3.8, 4) is 17.2 Å². The number of fused-ring (bicyclic) bond motifs is 1. The Morgan fingerprint density at radius 2 is 1.59 bits per heavy atom. The quantitative estimate of drug-likeness (QED) is 0.627. The van der Waals surface area contributed by atoms with Crippen LogP contribution in [0.5, 0.6) is 17.2 Å². The molecular weight excluding hydrogens is 372 g/mol. The number of hydrogen-bond donors (Lipinski definition) is 3. The van der Waals surface area contributed by atoms with Crippen LogP contribution in [-0.4, -0.2) is 23.7 Å². The minimum atomic E-state index is -0.443. The third-order valence-electron chi connectivity index (χ3n) is 4.41. The van der Waals surface area contributed by atoms with Crippen molar-refractivity contribution in [3.05, 3.63) is 77.4 Å². The Hall–Kier alpha value is -4.00. The normalized spacial score (nSPS) is 11.8. The number of nitrogens with one attached hydrogen (secondary N) is 2. The summed E-state index contributed by atoms with van der Waals surface area (Å²) >= 11 is 0. The molecule has 0 spiro atoms. The van der Waals surface area contributed by atoms with Crippen LogP contribution in [0.2, 0.25) is 0 Å². The highest BCUT2D eigenvalue weighted by molar-refractivity contribution is 6.07. The van der Waals surface area contributed by atoms with Gasteiger partial charge < -0.3 is 25.2 Å². The lowest BCUT2D eigenvalue weighted by Crippen LogP contribution is -2.14. The van der Waals surface area contributed by atoms with Crippen molar-refractivity contribution in [2.75, 3.05) is 17.4 Å². The molecule has 1 aliphatic heterocycles. The standard InChI is InChI=1S/C22H18N2O5/c1-13-5-7-17(18(25)9-13)22(27)24-16-4-2-3-15(11-16)23-21(26)14-6-8-19-20(10-14)29-12-28-19/h2-11,25H,12H2,1H3,(H,23,26)(H,24,27). The van der Waals surface area contributed by atoms with Crippen molar-refractivity contribution < 1.29 is 24.2 Å². The highest BCUT2D eigenvalue weighted by atomic mass is 16.7. The summed E-state index contributed by atoms with van der Waals surface area (Å²) in [7, 11) is 0. The molecule has 29 heavy (non-hydrogen) atoms. The molecule has 146 valence electrons. The Balaban J connectivity index is 1.47. The minimum absolute atomic E-state index is 0.0882. The number of carbonyl (C=O) groups excluding carboxylic acids is 2. The van der Waals surface area contributed by atoms with E-state index in [9.17, 15) is 14.7 Å². The smallest absolute Gasteiger partial charge is 0.259 e. The van der Waals surface area contributed by atoms with Gasteiger partial charge in [0.05, 0.1) is 5.56 Å². The van der Waals surface area contributed by atoms with Crippen LogP contribution < -0.4 is 20.1 Å². The largest absolute Gasteiger partial charge is 0.507 e. The molecule has 7 heteroatoms. The van der Waals surface area contributed by atoms with E-state index in [1.807, 2.05) is 6.92 Å². The zero-order valence-electron chi connectivity index (χ0n) is 15.6. The fourth-order valence-corrected chi connectivity index (χ4v) is 2.95. The van der Waals surface area contributed by atoms with Gasteiger partial charge in [-0.2, -0.15) is 0 Å². The second-order valence-corrected chi connectivity index (χ2v) is 6.58. The second-order valence-electron chi connectivity index (χ2n) is 6.58. The summed E-state index contributed by atoms with van der Waals surface area (Å²) in [6.07, 6.45) is 0. The molecule has 0 aromatic heterocycles. The van der Waals surface area contributed by atoms with Gasteiger partial charge >= 0.3 is 0 Å². The molecular formula is C22H18N2O5. The van der Waals surface area contributed by atoms with Gasteiger partial charge in [-0.3, -0.25) is 9.59 Å². The predicted octanol–water partition coefficient (Wildman–Crippen LogP) is 3.93. The van der Waals surface area contributed by atoms with E-state index in [2.05, 4.69) is 10.6 Å². The lowest BCUT2D eigenvalue weighted by molar-refractivity contribution is 0.101. The first-order chi connectivity index (χ1) is 14.0. The molecule has 0 unspecified atom stereocenters. The topological polar surface area (TPSA) is 96.9 Å². The Labute approximate surface area is 166 Å². The summed E-state index contributed by atoms with van der Waals surface area (Å²) in [6.45, 7) is 1.96. The Morgan fingerprint density at radius 1 is 0.862 bits per heavy atom. The van der Waals surface area contributed by atoms with Crippen LogP contribution in [-0.2, 0) is 0 Å². The number of phenolic OH excluding ortho intramolecular Hbond substituents is 1. The Kier molecular flexibility index (Phi) is 4.78. The van der Waals surface area contributed by atoms with Crippen molar-refractivity contribution in [3.63, 3.8) is 0 Å². The molecule has 0 radical (unpaired) electrons. The van der Waals surface area contributed by atoms with Gasteiger partial charge in [0.2, 0.25) is 6.79 Å². The monoisotopic (exact) mass is 390 g/mol. The van der Waals surface area contributed by atoms with Crippen LogP contribution in [0, 0.1) is 6.92 Å². The van der Waals surface area contributed by atoms with Gasteiger partial charge in [-0.05, 0) is 61.0 Å². The van der Waals surface area contributed by atoms with Gasteiger partial charge in [0.15, 0.2) is 11.5 Å². The van der Waals surface area contributed by atoms with Crippen LogP contribution in [0.3, 0.4) is 0 Å². The van der Waals surface area contributed by atoms with Gasteiger partial charge in [-0.1, -0.05) is 12.1 Å². The second kappa shape index (κ2) is 7.55. The maximum atomic E-state index is 12.5. The number of benzene rings is 3. The van der Waals surface area contributed by atoms with E-state index in [-0.39, 0.29) is 24.0 Å². The average Bonchev–Trinajstić information content (AvgIpc) is 3.16. The maximum Gasteiger partial charge on any atom is 0.259 e. The number of anilines is 2. The van der Waals surface area contributed by atoms with Crippen LogP contribution in [0.15, 0.2) is 60.7 Å². The van der Waals surface area contributed by atoms with E-state index in [1.54, 1.807) is 54.6 Å². The number of hydrogen-bond acceptors (Lipinski definition) is 5. The van der Waals surface area contributed by atoms with Crippen molar-refractivity contribution >= 4 is 23.2 Å². The summed E-state index contributed by atoms with van der Waals surface area (Å²) in [4.78, 5) is 24.9. The highest BCUT2D eigenvalue weighted by Crippen LogP contribution is 2.32. The van der Waals surface area contributed by atoms with Gasteiger partial charge in [-0.25, -0.2) is 0 Å². The molecule has 0 fully saturated rings. The summed E-state index contributed by atoms with van der Waals surface area (Å²) in [5.74, 6) is 0.279. The SMILES string of the molecule is Cc1ccc(C(=O)Nc2cccc(NC(=O)c3ccc4c(c3)OCO4)c2)c(O)c1. The first-order valence-electron chi connectivity index (χ1n) is 8.91. The molecule has 4 rings (SSSR count). The molecule has 2 amide bonds. The molecule has 3 aromatic rings. The molecule has 1 heterocycles. The molecule has 0 atom stereocenters. The first kappa shape index (κ1) is 18.4. The molecule has 3 N–H and O–H groups in total. The van der Waals surface area contributed by atoms with Crippen molar-refractivity contribution in [2.45, 2.75) is 6.92 Å². The van der Waals surface area contributed by atoms with Gasteiger partial charge in [0.25, 0.3) is 11.8 Å². The third kappa shape index (κ3) is 3.98. The van der Waals surface area contributed by atoms with Crippen LogP contribution in [0.4, 0.5) is 11.4 Å². The minimum Gasteiger partial charge on any atom is -0.507 e. The van der Waals surface area contributed by atoms with Gasteiger partial charge in [0.1, 0.15) is 5.75 Å². The van der Waals surface area contributed by atoms with Crippen molar-refractivity contribution in [1.29, 1.82) is 0 Å². The summed E-state index contributed by atoms with van der Waals surface area (Å²) in [5.41, 5.74) is 2.45. The van der Waals surface area contributed by atoms with Crippen molar-refractivity contribution in [2.24, 2.45) is 0 Å². The summed E-state index contributed by atoms with van der Waals surface area (Å²) < 4.78 is 10.5. The third-order valence-corrected chi connectivity index (χ3v) is 4.41. The zero-order chi connectivity index (χ0) is 20.4. The molecule has 0 bridgehead atoms. The van der Waals surface area contributed by atoms with Gasteiger partial charge in [0, 0.05) is 16.9 Å². The summed E-state index contributed by atoms with van der Waals surface area (Å²) in [5, 5.41) is 15.5. The first-order valence-corrected chi connectivity index (χ1v) is 8.91. The molecule has 0 saturated carbocycles. The molecule has 0 saturated heterocycles. The van der Waals surface area contributed by atoms with E-state index in [1.165, 1.54) is 6.07 Å². The molecule has 3 aromatic carbocycles. The number of ether oxygens (including phenoxy) is 2. The number of amides is 2. The maximum absolute atomic E-state index is 12.5. The summed E-state index contributed by atoms with van der Waals surface area (Å²) in [6, 6.07) is 16.5. The van der Waals surface area contributed by atoms with Crippen LogP contribution in [0.1, 0.15) is 26.3 Å². The lowest BCUT2D eigenvalue weighted by Gasteiger charge is -2.10. The number of phenols is 1. The average molecular weight is 390 g/mol. The predicted molar refractivity (Wildman–Crippen MR) is 108 cm³/mol. The van der Waals surface area contributed by atoms with E-state index in [0.29, 0.717) is 28.4 Å². The lowest BCUT2D eigenvalue weighted by atomic mass is 10.1. The van der Waals surface area contributed by atoms with E-state index < -0.39 is 5.91 Å². The fraction of sp³-hybridized carbons (Fsp3) is 0.0909. The van der Waals surface area contributed by atoms with Gasteiger partial charge in [-0.15, -0.1) is 0 Å². The number of aromatic hydroxyl groups is 1. The molecule has 7 nitrogen and oxygen atoms in total. The molecule has 0 aliphatic carbocycles. The van der Waals surface area contributed by atoms with E-state index in [4.69, 9.17) is 9.47 Å². The van der Waals surface area contributed by atoms with Crippen molar-refractivity contribution in [1.82, 2.24) is 0 Å². The Bertz CT molecular complexity index is 1110. The van der Waals surface area contributed by atoms with E-state index >= 15 is 0 Å². The highest BCUT2D eigenvalue weighted by Gasteiger charge is 2.17. The van der Waals surface area contributed by atoms with E-state index in [0.717, 1.165) is 5.56 Å². The molecule has 1 aliphatic rings. The number of aryl methyl sites for hydroxylation is 1.